The Morgan fingerprint density at radius 2 is 1.61 bits per heavy atom. The highest BCUT2D eigenvalue weighted by atomic mass is 16.2. The smallest absolute Gasteiger partial charge is 0.314 e. The first-order valence-electron chi connectivity index (χ1n) is 12.1. The predicted octanol–water partition coefficient (Wildman–Crippen LogP) is 4.25. The molecule has 0 bridgehead atoms. The number of rotatable bonds is 8. The summed E-state index contributed by atoms with van der Waals surface area (Å²) in [5.41, 5.74) is 2.94. The van der Waals surface area contributed by atoms with Crippen LogP contribution in [0.3, 0.4) is 0 Å². The molecule has 5 heteroatoms. The average molecular weight is 446 g/mol. The van der Waals surface area contributed by atoms with E-state index in [2.05, 4.69) is 42.6 Å². The third kappa shape index (κ3) is 5.53. The summed E-state index contributed by atoms with van der Waals surface area (Å²) in [4.78, 5) is 25.6. The van der Waals surface area contributed by atoms with E-state index in [1.807, 2.05) is 30.3 Å². The monoisotopic (exact) mass is 445 g/mol. The lowest BCUT2D eigenvalue weighted by atomic mass is 9.69. The Labute approximate surface area is 196 Å². The summed E-state index contributed by atoms with van der Waals surface area (Å²) in [5, 5.41) is 3.66. The second-order valence-electron chi connectivity index (χ2n) is 9.67. The molecule has 1 aliphatic rings. The Morgan fingerprint density at radius 3 is 2.27 bits per heavy atom. The molecule has 33 heavy (non-hydrogen) atoms. The van der Waals surface area contributed by atoms with E-state index in [0.717, 1.165) is 31.4 Å². The summed E-state index contributed by atoms with van der Waals surface area (Å²) in [6.45, 7) is 5.88. The largest absolute Gasteiger partial charge is 0.331 e. The SMILES string of the molecule is Cc1cn(Cc2ccccc2)c(=O)n(CCCNC2CCC(C)(c3ccccc3)CC2)c1=O. The van der Waals surface area contributed by atoms with Crippen molar-refractivity contribution in [1.29, 1.82) is 0 Å². The Kier molecular flexibility index (Phi) is 7.29. The molecule has 3 aromatic rings. The Morgan fingerprint density at radius 1 is 0.970 bits per heavy atom. The first-order valence-corrected chi connectivity index (χ1v) is 12.1. The number of nitrogens with one attached hydrogen (secondary N) is 1. The summed E-state index contributed by atoms with van der Waals surface area (Å²) in [7, 11) is 0. The van der Waals surface area contributed by atoms with Crippen LogP contribution in [0.5, 0.6) is 0 Å². The van der Waals surface area contributed by atoms with E-state index in [1.165, 1.54) is 23.0 Å². The van der Waals surface area contributed by atoms with Gasteiger partial charge < -0.3 is 5.32 Å². The fourth-order valence-corrected chi connectivity index (χ4v) is 5.02. The van der Waals surface area contributed by atoms with Gasteiger partial charge in [-0.15, -0.1) is 0 Å². The number of hydrogen-bond acceptors (Lipinski definition) is 3. The van der Waals surface area contributed by atoms with E-state index in [4.69, 9.17) is 0 Å². The van der Waals surface area contributed by atoms with E-state index < -0.39 is 0 Å². The van der Waals surface area contributed by atoms with Crippen molar-refractivity contribution < 1.29 is 0 Å². The standard InChI is InChI=1S/C28H35N3O2/c1-22-20-30(21-23-10-5-3-6-11-23)27(33)31(26(22)32)19-9-18-29-25-14-16-28(2,17-15-25)24-12-7-4-8-13-24/h3-8,10-13,20,25,29H,9,14-19,21H2,1-2H3. The van der Waals surface area contributed by atoms with Crippen molar-refractivity contribution in [2.75, 3.05) is 6.54 Å². The molecule has 0 atom stereocenters. The molecule has 0 aliphatic heterocycles. The molecule has 174 valence electrons. The molecular formula is C28H35N3O2. The zero-order valence-electron chi connectivity index (χ0n) is 19.8. The van der Waals surface area contributed by atoms with Gasteiger partial charge in [-0.2, -0.15) is 0 Å². The maximum atomic E-state index is 13.0. The minimum atomic E-state index is -0.231. The summed E-state index contributed by atoms with van der Waals surface area (Å²) in [6.07, 6.45) is 7.10. The quantitative estimate of drug-likeness (QED) is 0.528. The van der Waals surface area contributed by atoms with E-state index in [1.54, 1.807) is 17.7 Å². The lowest BCUT2D eigenvalue weighted by molar-refractivity contribution is 0.263. The van der Waals surface area contributed by atoms with Gasteiger partial charge in [0.15, 0.2) is 0 Å². The zero-order valence-corrected chi connectivity index (χ0v) is 19.8. The third-order valence-electron chi connectivity index (χ3n) is 7.16. The molecule has 1 fully saturated rings. The van der Waals surface area contributed by atoms with Gasteiger partial charge in [0.1, 0.15) is 0 Å². The van der Waals surface area contributed by atoms with Crippen molar-refractivity contribution in [1.82, 2.24) is 14.5 Å². The highest BCUT2D eigenvalue weighted by molar-refractivity contribution is 5.25. The molecular weight excluding hydrogens is 410 g/mol. The van der Waals surface area contributed by atoms with Crippen LogP contribution in [-0.4, -0.2) is 21.7 Å². The number of aryl methyl sites for hydroxylation is 1. The molecule has 2 aromatic carbocycles. The van der Waals surface area contributed by atoms with E-state index in [0.29, 0.717) is 24.7 Å². The van der Waals surface area contributed by atoms with Crippen LogP contribution in [0.4, 0.5) is 0 Å². The first-order chi connectivity index (χ1) is 16.0. The van der Waals surface area contributed by atoms with Gasteiger partial charge >= 0.3 is 5.69 Å². The maximum absolute atomic E-state index is 13.0. The molecule has 0 radical (unpaired) electrons. The fourth-order valence-electron chi connectivity index (χ4n) is 5.02. The highest BCUT2D eigenvalue weighted by Crippen LogP contribution is 2.38. The molecule has 1 N–H and O–H groups in total. The van der Waals surface area contributed by atoms with Gasteiger partial charge in [-0.3, -0.25) is 13.9 Å². The van der Waals surface area contributed by atoms with Gasteiger partial charge in [-0.05, 0) is 62.1 Å². The van der Waals surface area contributed by atoms with E-state index in [-0.39, 0.29) is 16.7 Å². The van der Waals surface area contributed by atoms with E-state index in [9.17, 15) is 9.59 Å². The van der Waals surface area contributed by atoms with Crippen molar-refractivity contribution >= 4 is 0 Å². The zero-order chi connectivity index (χ0) is 23.3. The van der Waals surface area contributed by atoms with Crippen molar-refractivity contribution in [3.05, 3.63) is 104 Å². The Balaban J connectivity index is 1.31. The molecule has 0 saturated heterocycles. The molecule has 1 saturated carbocycles. The van der Waals surface area contributed by atoms with Gasteiger partial charge in [0.2, 0.25) is 0 Å². The second-order valence-corrected chi connectivity index (χ2v) is 9.67. The fraction of sp³-hybridized carbons (Fsp3) is 0.429. The minimum absolute atomic E-state index is 0.180. The summed E-state index contributed by atoms with van der Waals surface area (Å²) in [5.74, 6) is 0. The van der Waals surface area contributed by atoms with Crippen LogP contribution in [0.1, 0.15) is 55.7 Å². The van der Waals surface area contributed by atoms with Crippen molar-refractivity contribution in [3.63, 3.8) is 0 Å². The molecule has 0 spiro atoms. The predicted molar refractivity (Wildman–Crippen MR) is 134 cm³/mol. The van der Waals surface area contributed by atoms with Gasteiger partial charge in [0.25, 0.3) is 5.56 Å². The minimum Gasteiger partial charge on any atom is -0.314 e. The molecule has 5 nitrogen and oxygen atoms in total. The number of hydrogen-bond donors (Lipinski definition) is 1. The molecule has 4 rings (SSSR count). The van der Waals surface area contributed by atoms with Gasteiger partial charge in [0, 0.05) is 24.3 Å². The molecule has 1 aliphatic carbocycles. The molecule has 1 aromatic heterocycles. The number of nitrogens with zero attached hydrogens (tertiary/aromatic N) is 2. The Hall–Kier alpha value is -2.92. The van der Waals surface area contributed by atoms with Gasteiger partial charge in [-0.1, -0.05) is 67.6 Å². The van der Waals surface area contributed by atoms with E-state index >= 15 is 0 Å². The maximum Gasteiger partial charge on any atom is 0.331 e. The van der Waals surface area contributed by atoms with Gasteiger partial charge in [-0.25, -0.2) is 4.79 Å². The summed E-state index contributed by atoms with van der Waals surface area (Å²) < 4.78 is 3.04. The topological polar surface area (TPSA) is 56.0 Å². The van der Waals surface area contributed by atoms with Crippen LogP contribution >= 0.6 is 0 Å². The lowest BCUT2D eigenvalue weighted by Gasteiger charge is -2.38. The number of aromatic nitrogens is 2. The van der Waals surface area contributed by atoms with Crippen LogP contribution in [0.25, 0.3) is 0 Å². The second kappa shape index (κ2) is 10.3. The molecule has 0 unspecified atom stereocenters. The van der Waals surface area contributed by atoms with Crippen LogP contribution in [0, 0.1) is 6.92 Å². The average Bonchev–Trinajstić information content (AvgIpc) is 2.84. The highest BCUT2D eigenvalue weighted by Gasteiger charge is 2.32. The molecule has 0 amide bonds. The third-order valence-corrected chi connectivity index (χ3v) is 7.16. The van der Waals surface area contributed by atoms with Crippen molar-refractivity contribution in [2.45, 2.75) is 70.5 Å². The Bertz CT molecular complexity index is 1160. The van der Waals surface area contributed by atoms with Crippen molar-refractivity contribution in [2.24, 2.45) is 0 Å². The molecule has 1 heterocycles. The summed E-state index contributed by atoms with van der Waals surface area (Å²) >= 11 is 0. The normalized spacial score (nSPS) is 20.6. The van der Waals surface area contributed by atoms with Crippen LogP contribution in [-0.2, 0) is 18.5 Å². The number of benzene rings is 2. The van der Waals surface area contributed by atoms with Crippen LogP contribution < -0.4 is 16.6 Å². The summed E-state index contributed by atoms with van der Waals surface area (Å²) in [6, 6.07) is 21.2. The van der Waals surface area contributed by atoms with Gasteiger partial charge in [0.05, 0.1) is 6.54 Å². The first kappa shape index (κ1) is 23.2. The van der Waals surface area contributed by atoms with Crippen LogP contribution in [0.2, 0.25) is 0 Å². The lowest BCUT2D eigenvalue weighted by Crippen LogP contribution is -2.42. The van der Waals surface area contributed by atoms with Crippen LogP contribution in [0.15, 0.2) is 76.4 Å². The van der Waals surface area contributed by atoms with Crippen molar-refractivity contribution in [3.8, 4) is 0 Å².